The number of rotatable bonds is 0. The Kier molecular flexibility index (Phi) is 0.869. The van der Waals surface area contributed by atoms with Crippen molar-refractivity contribution in [3.05, 3.63) is 0 Å². The molecule has 0 saturated carbocycles. The van der Waals surface area contributed by atoms with Crippen molar-refractivity contribution in [1.82, 2.24) is 0 Å². The highest BCUT2D eigenvalue weighted by Gasteiger charge is 2.42. The van der Waals surface area contributed by atoms with Gasteiger partial charge in [-0.25, -0.2) is 0 Å². The van der Waals surface area contributed by atoms with Gasteiger partial charge in [-0.3, -0.25) is 0 Å². The third-order valence-corrected chi connectivity index (χ3v) is 7.65. The Bertz CT molecular complexity index is 101. The summed E-state index contributed by atoms with van der Waals surface area (Å²) in [5.74, 6) is 1.20. The van der Waals surface area contributed by atoms with E-state index in [-0.39, 0.29) is 0 Å². The van der Waals surface area contributed by atoms with Gasteiger partial charge in [-0.05, 0) is 5.92 Å². The molecular weight excluding hydrogens is 112 g/mol. The molecule has 8 heavy (non-hydrogen) atoms. The summed E-state index contributed by atoms with van der Waals surface area (Å²) in [4.78, 5) is 0. The van der Waals surface area contributed by atoms with Crippen molar-refractivity contribution in [2.24, 2.45) is 5.92 Å². The molecule has 0 spiro atoms. The van der Waals surface area contributed by atoms with Crippen molar-refractivity contribution in [3.8, 4) is 0 Å². The molecule has 0 atom stereocenters. The van der Waals surface area contributed by atoms with Crippen LogP contribution in [0.15, 0.2) is 0 Å². The van der Waals surface area contributed by atoms with Gasteiger partial charge in [0, 0.05) is 0 Å². The normalized spacial score (nSPS) is 52.9. The molecule has 2 bridgehead atoms. The van der Waals surface area contributed by atoms with Gasteiger partial charge in [0.2, 0.25) is 0 Å². The molecule has 0 aromatic heterocycles. The zero-order chi connectivity index (χ0) is 5.61. The van der Waals surface area contributed by atoms with E-state index in [1.165, 1.54) is 5.92 Å². The summed E-state index contributed by atoms with van der Waals surface area (Å²) in [6.45, 7) is 2.60. The van der Waals surface area contributed by atoms with Crippen LogP contribution in [0.25, 0.3) is 0 Å². The van der Waals surface area contributed by atoms with Crippen LogP contribution in [0.5, 0.6) is 0 Å². The highest BCUT2D eigenvalue weighted by molar-refractivity contribution is 6.80. The zero-order valence-electron chi connectivity index (χ0n) is 5.61. The Morgan fingerprint density at radius 3 is 2.00 bits per heavy atom. The summed E-state index contributed by atoms with van der Waals surface area (Å²) >= 11 is 0. The van der Waals surface area contributed by atoms with E-state index in [4.69, 9.17) is 0 Å². The van der Waals surface area contributed by atoms with Crippen molar-refractivity contribution < 1.29 is 0 Å². The first kappa shape index (κ1) is 5.04. The lowest BCUT2D eigenvalue weighted by atomic mass is 10.1. The second-order valence-corrected chi connectivity index (χ2v) is 8.99. The molecule has 0 nitrogen and oxygen atoms in total. The minimum Gasteiger partial charge on any atom is -0.0691 e. The summed E-state index contributed by atoms with van der Waals surface area (Å²) < 4.78 is 0. The lowest BCUT2D eigenvalue weighted by Crippen LogP contribution is -2.21. The van der Waals surface area contributed by atoms with Gasteiger partial charge in [0.25, 0.3) is 0 Å². The van der Waals surface area contributed by atoms with Gasteiger partial charge in [-0.2, -0.15) is 0 Å². The van der Waals surface area contributed by atoms with Gasteiger partial charge in [0.05, 0.1) is 8.07 Å². The van der Waals surface area contributed by atoms with Gasteiger partial charge in [0.15, 0.2) is 0 Å². The fourth-order valence-corrected chi connectivity index (χ4v) is 7.15. The molecule has 2 rings (SSSR count). The van der Waals surface area contributed by atoms with Gasteiger partial charge < -0.3 is 0 Å². The van der Waals surface area contributed by atoms with Crippen LogP contribution in [0, 0.1) is 5.92 Å². The number of fused-ring (bicyclic) bond motifs is 2. The summed E-state index contributed by atoms with van der Waals surface area (Å²) in [7, 11) is -0.486. The van der Waals surface area contributed by atoms with E-state index in [1.54, 1.807) is 31.0 Å². The van der Waals surface area contributed by atoms with Crippen molar-refractivity contribution in [3.63, 3.8) is 0 Å². The summed E-state index contributed by atoms with van der Waals surface area (Å²) in [6, 6.07) is 5.02. The zero-order valence-corrected chi connectivity index (χ0v) is 6.61. The molecule has 0 aliphatic carbocycles. The molecule has 2 aliphatic rings. The maximum atomic E-state index is 2.60. The van der Waals surface area contributed by atoms with Crippen LogP contribution in [0.2, 0.25) is 24.7 Å². The van der Waals surface area contributed by atoms with Crippen molar-refractivity contribution >= 4 is 8.07 Å². The minimum atomic E-state index is -0.486. The van der Waals surface area contributed by atoms with Gasteiger partial charge in [0.1, 0.15) is 0 Å². The second kappa shape index (κ2) is 1.38. The smallest absolute Gasteiger partial charge is 0.0507 e. The van der Waals surface area contributed by atoms with Crippen LogP contribution in [0.3, 0.4) is 0 Å². The van der Waals surface area contributed by atoms with E-state index < -0.39 is 8.07 Å². The molecule has 2 aliphatic heterocycles. The molecule has 0 aromatic rings. The van der Waals surface area contributed by atoms with Crippen LogP contribution in [-0.4, -0.2) is 8.07 Å². The van der Waals surface area contributed by atoms with Crippen molar-refractivity contribution in [1.29, 1.82) is 0 Å². The van der Waals surface area contributed by atoms with Crippen LogP contribution in [0.1, 0.15) is 12.8 Å². The largest absolute Gasteiger partial charge is 0.0691 e. The average molecular weight is 126 g/mol. The monoisotopic (exact) mass is 126 g/mol. The van der Waals surface area contributed by atoms with E-state index in [0.717, 1.165) is 0 Å². The predicted octanol–water partition coefficient (Wildman–Crippen LogP) is 2.49. The third-order valence-electron chi connectivity index (χ3n) is 3.09. The minimum absolute atomic E-state index is 0.486. The fourth-order valence-electron chi connectivity index (χ4n) is 2.48. The van der Waals surface area contributed by atoms with Crippen LogP contribution in [0.4, 0.5) is 0 Å². The molecule has 0 unspecified atom stereocenters. The van der Waals surface area contributed by atoms with E-state index in [0.29, 0.717) is 0 Å². The Morgan fingerprint density at radius 1 is 1.25 bits per heavy atom. The average Bonchev–Trinajstić information content (AvgIpc) is 2.21. The van der Waals surface area contributed by atoms with E-state index in [2.05, 4.69) is 6.55 Å². The van der Waals surface area contributed by atoms with Crippen molar-refractivity contribution in [2.45, 2.75) is 37.5 Å². The van der Waals surface area contributed by atoms with Gasteiger partial charge in [-0.15, -0.1) is 0 Å². The third kappa shape index (κ3) is 0.571. The SMILES string of the molecule is C[Si]12CCC(CC1)C2. The first-order valence-electron chi connectivity index (χ1n) is 3.79. The molecule has 1 heteroatoms. The fraction of sp³-hybridized carbons (Fsp3) is 1.00. The highest BCUT2D eigenvalue weighted by atomic mass is 28.3. The molecule has 0 N–H and O–H groups in total. The Morgan fingerprint density at radius 2 is 1.88 bits per heavy atom. The molecule has 0 radical (unpaired) electrons. The predicted molar refractivity (Wildman–Crippen MR) is 38.8 cm³/mol. The molecule has 0 aromatic carbocycles. The molecule has 2 heterocycles. The summed E-state index contributed by atoms with van der Waals surface area (Å²) in [5, 5.41) is 0. The number of hydrogen-bond donors (Lipinski definition) is 0. The van der Waals surface area contributed by atoms with Gasteiger partial charge >= 0.3 is 0 Å². The Hall–Kier alpha value is 0.217. The first-order valence-corrected chi connectivity index (χ1v) is 6.91. The lowest BCUT2D eigenvalue weighted by Gasteiger charge is -2.16. The molecule has 0 amide bonds. The lowest BCUT2D eigenvalue weighted by molar-refractivity contribution is 0.577. The second-order valence-electron chi connectivity index (χ2n) is 3.96. The van der Waals surface area contributed by atoms with Crippen LogP contribution < -0.4 is 0 Å². The van der Waals surface area contributed by atoms with Gasteiger partial charge in [-0.1, -0.05) is 37.5 Å². The highest BCUT2D eigenvalue weighted by Crippen LogP contribution is 2.47. The summed E-state index contributed by atoms with van der Waals surface area (Å²) in [5.41, 5.74) is 0. The van der Waals surface area contributed by atoms with E-state index in [9.17, 15) is 0 Å². The molecule has 2 fully saturated rings. The number of hydrogen-bond acceptors (Lipinski definition) is 0. The maximum Gasteiger partial charge on any atom is 0.0507 e. The van der Waals surface area contributed by atoms with E-state index >= 15 is 0 Å². The molecular formula is C7H14Si. The van der Waals surface area contributed by atoms with Crippen LogP contribution >= 0.6 is 0 Å². The standard InChI is InChI=1S/C7H14Si/c1-8-4-2-7(6-8)3-5-8/h7H,2-6H2,1H3. The van der Waals surface area contributed by atoms with Crippen LogP contribution in [-0.2, 0) is 0 Å². The Balaban J connectivity index is 2.19. The molecule has 46 valence electrons. The topological polar surface area (TPSA) is 0 Å². The van der Waals surface area contributed by atoms with E-state index in [1.807, 2.05) is 0 Å². The Labute approximate surface area is 52.3 Å². The first-order chi connectivity index (χ1) is 3.79. The molecule has 2 saturated heterocycles. The van der Waals surface area contributed by atoms with Crippen molar-refractivity contribution in [2.75, 3.05) is 0 Å². The summed E-state index contributed by atoms with van der Waals surface area (Å²) in [6.07, 6.45) is 3.20. The quantitative estimate of drug-likeness (QED) is 0.437. The maximum absolute atomic E-state index is 2.60.